The number of carboxylic acid groups (broad SMARTS) is 2. The maximum atomic E-state index is 12.6. The van der Waals surface area contributed by atoms with Crippen LogP contribution in [0.4, 0.5) is 0 Å². The van der Waals surface area contributed by atoms with Crippen molar-refractivity contribution in [2.75, 3.05) is 0 Å². The van der Waals surface area contributed by atoms with Crippen molar-refractivity contribution in [1.29, 1.82) is 0 Å². The van der Waals surface area contributed by atoms with Crippen LogP contribution in [0.1, 0.15) is 33.1 Å². The highest BCUT2D eigenvalue weighted by atomic mass is 16.4. The van der Waals surface area contributed by atoms with Crippen LogP contribution >= 0.6 is 0 Å². The molecule has 0 aromatic carbocycles. The van der Waals surface area contributed by atoms with Gasteiger partial charge in [0.1, 0.15) is 18.1 Å². The third kappa shape index (κ3) is 10.3. The van der Waals surface area contributed by atoms with Crippen molar-refractivity contribution >= 4 is 41.5 Å². The molecule has 0 aromatic heterocycles. The Bertz CT molecular complexity index is 770. The number of aliphatic carboxylic acids is 2. The lowest BCUT2D eigenvalue weighted by molar-refractivity contribution is -0.144. The molecule has 0 radical (unpaired) electrons. The minimum Gasteiger partial charge on any atom is -0.481 e. The highest BCUT2D eigenvalue weighted by Gasteiger charge is 2.33. The Kier molecular flexibility index (Phi) is 11.3. The first-order valence-electron chi connectivity index (χ1n) is 9.33. The maximum Gasteiger partial charge on any atom is 0.326 e. The molecular weight excluding hydrogens is 432 g/mol. The van der Waals surface area contributed by atoms with Gasteiger partial charge in [-0.25, -0.2) is 4.79 Å². The Morgan fingerprint density at radius 2 is 1.22 bits per heavy atom. The van der Waals surface area contributed by atoms with Crippen LogP contribution in [0.2, 0.25) is 0 Å². The zero-order valence-electron chi connectivity index (χ0n) is 17.5. The Balaban J connectivity index is 5.47. The van der Waals surface area contributed by atoms with E-state index in [4.69, 9.17) is 27.4 Å². The topological polar surface area (TPSA) is 274 Å². The normalized spacial score (nSPS) is 14.4. The standard InChI is InChI=1S/C17H28N6O9/c1-6(2)13(16(30)22-9(17(31)32)4-11(20)25)23-15(29)8(5-12(26)27)21-14(28)7(18)3-10(19)24/h6-9,13H,3-5,18H2,1-2H3,(H2,19,24)(H2,20,25)(H,21,28)(H,22,30)(H,23,29)(H,26,27)(H,31,32). The van der Waals surface area contributed by atoms with Crippen molar-refractivity contribution in [1.82, 2.24) is 16.0 Å². The van der Waals surface area contributed by atoms with Gasteiger partial charge in [-0.3, -0.25) is 28.8 Å². The Morgan fingerprint density at radius 1 is 0.719 bits per heavy atom. The van der Waals surface area contributed by atoms with E-state index in [0.717, 1.165) is 0 Å². The first-order chi connectivity index (χ1) is 14.6. The van der Waals surface area contributed by atoms with Gasteiger partial charge in [0.15, 0.2) is 0 Å². The predicted molar refractivity (Wildman–Crippen MR) is 106 cm³/mol. The second-order valence-electron chi connectivity index (χ2n) is 7.24. The van der Waals surface area contributed by atoms with Crippen molar-refractivity contribution in [3.8, 4) is 0 Å². The molecule has 0 aliphatic heterocycles. The number of carboxylic acids is 2. The molecule has 15 heteroatoms. The molecule has 0 fully saturated rings. The molecule has 15 nitrogen and oxygen atoms in total. The van der Waals surface area contributed by atoms with Crippen molar-refractivity contribution in [3.05, 3.63) is 0 Å². The Labute approximate surface area is 182 Å². The van der Waals surface area contributed by atoms with Gasteiger partial charge in [-0.05, 0) is 5.92 Å². The first kappa shape index (κ1) is 28.2. The van der Waals surface area contributed by atoms with Gasteiger partial charge >= 0.3 is 11.9 Å². The van der Waals surface area contributed by atoms with E-state index in [1.165, 1.54) is 13.8 Å². The number of carbonyl (C=O) groups excluding carboxylic acids is 5. The van der Waals surface area contributed by atoms with Crippen LogP contribution in [0.3, 0.4) is 0 Å². The minimum absolute atomic E-state index is 0.555. The molecule has 11 N–H and O–H groups in total. The molecule has 32 heavy (non-hydrogen) atoms. The van der Waals surface area contributed by atoms with Crippen LogP contribution in [-0.4, -0.2) is 75.9 Å². The fraction of sp³-hybridized carbons (Fsp3) is 0.588. The van der Waals surface area contributed by atoms with Gasteiger partial charge in [-0.1, -0.05) is 13.8 Å². The summed E-state index contributed by atoms with van der Waals surface area (Å²) in [6.45, 7) is 3.00. The van der Waals surface area contributed by atoms with E-state index in [2.05, 4.69) is 16.0 Å². The molecule has 0 saturated carbocycles. The maximum absolute atomic E-state index is 12.6. The fourth-order valence-corrected chi connectivity index (χ4v) is 2.42. The van der Waals surface area contributed by atoms with E-state index < -0.39 is 90.8 Å². The van der Waals surface area contributed by atoms with E-state index >= 15 is 0 Å². The first-order valence-corrected chi connectivity index (χ1v) is 9.33. The molecule has 4 atom stereocenters. The summed E-state index contributed by atoms with van der Waals surface area (Å²) in [4.78, 5) is 81.3. The van der Waals surface area contributed by atoms with Crippen LogP contribution in [-0.2, 0) is 33.6 Å². The van der Waals surface area contributed by atoms with Gasteiger partial charge < -0.3 is 43.4 Å². The number of hydrogen-bond donors (Lipinski definition) is 8. The third-order valence-electron chi connectivity index (χ3n) is 4.04. The number of nitrogens with one attached hydrogen (secondary N) is 3. The highest BCUT2D eigenvalue weighted by molar-refractivity contribution is 5.96. The molecule has 0 rings (SSSR count). The van der Waals surface area contributed by atoms with E-state index in [1.807, 2.05) is 0 Å². The predicted octanol–water partition coefficient (Wildman–Crippen LogP) is -4.27. The van der Waals surface area contributed by atoms with Crippen LogP contribution in [0.5, 0.6) is 0 Å². The molecule has 5 amide bonds. The second-order valence-corrected chi connectivity index (χ2v) is 7.24. The molecule has 0 aliphatic rings. The largest absolute Gasteiger partial charge is 0.481 e. The summed E-state index contributed by atoms with van der Waals surface area (Å²) >= 11 is 0. The lowest BCUT2D eigenvalue weighted by Gasteiger charge is -2.26. The van der Waals surface area contributed by atoms with Gasteiger partial charge in [-0.2, -0.15) is 0 Å². The van der Waals surface area contributed by atoms with E-state index in [0.29, 0.717) is 0 Å². The Morgan fingerprint density at radius 3 is 1.62 bits per heavy atom. The Hall–Kier alpha value is -3.75. The van der Waals surface area contributed by atoms with Gasteiger partial charge in [0.2, 0.25) is 29.5 Å². The summed E-state index contributed by atoms with van der Waals surface area (Å²) in [5, 5.41) is 24.5. The molecule has 180 valence electrons. The number of primary amides is 2. The molecule has 0 aliphatic carbocycles. The molecule has 0 saturated heterocycles. The van der Waals surface area contributed by atoms with E-state index in [-0.39, 0.29) is 0 Å². The average Bonchev–Trinajstić information content (AvgIpc) is 2.62. The molecular formula is C17H28N6O9. The smallest absolute Gasteiger partial charge is 0.326 e. The number of rotatable bonds is 14. The van der Waals surface area contributed by atoms with Crippen molar-refractivity contribution in [2.45, 2.75) is 57.3 Å². The number of carbonyl (C=O) groups is 7. The molecule has 0 heterocycles. The zero-order valence-corrected chi connectivity index (χ0v) is 17.5. The van der Waals surface area contributed by atoms with E-state index in [1.54, 1.807) is 0 Å². The molecule has 0 bridgehead atoms. The molecule has 0 spiro atoms. The SMILES string of the molecule is CC(C)C(NC(=O)C(CC(=O)O)NC(=O)C(N)CC(N)=O)C(=O)NC(CC(N)=O)C(=O)O. The number of nitrogens with two attached hydrogens (primary N) is 3. The van der Waals surface area contributed by atoms with Crippen LogP contribution in [0.25, 0.3) is 0 Å². The van der Waals surface area contributed by atoms with Gasteiger partial charge in [0, 0.05) is 0 Å². The van der Waals surface area contributed by atoms with Gasteiger partial charge in [0.05, 0.1) is 25.3 Å². The summed E-state index contributed by atoms with van der Waals surface area (Å²) in [6, 6.07) is -6.12. The molecule has 0 aromatic rings. The molecule has 4 unspecified atom stereocenters. The van der Waals surface area contributed by atoms with Gasteiger partial charge in [-0.15, -0.1) is 0 Å². The number of hydrogen-bond acceptors (Lipinski definition) is 8. The summed E-state index contributed by atoms with van der Waals surface area (Å²) in [6.07, 6.45) is -2.14. The van der Waals surface area contributed by atoms with Crippen LogP contribution < -0.4 is 33.2 Å². The van der Waals surface area contributed by atoms with Crippen LogP contribution in [0.15, 0.2) is 0 Å². The zero-order chi connectivity index (χ0) is 25.2. The quantitative estimate of drug-likeness (QED) is 0.123. The number of amides is 5. The summed E-state index contributed by atoms with van der Waals surface area (Å²) < 4.78 is 0. The second kappa shape index (κ2) is 12.8. The van der Waals surface area contributed by atoms with Gasteiger partial charge in [0.25, 0.3) is 0 Å². The highest BCUT2D eigenvalue weighted by Crippen LogP contribution is 2.06. The monoisotopic (exact) mass is 460 g/mol. The lowest BCUT2D eigenvalue weighted by Crippen LogP contribution is -2.59. The van der Waals surface area contributed by atoms with Crippen molar-refractivity contribution in [2.24, 2.45) is 23.1 Å². The minimum atomic E-state index is -1.67. The van der Waals surface area contributed by atoms with Crippen molar-refractivity contribution < 1.29 is 43.8 Å². The third-order valence-corrected chi connectivity index (χ3v) is 4.04. The summed E-state index contributed by atoms with van der Waals surface area (Å²) in [7, 11) is 0. The van der Waals surface area contributed by atoms with Crippen molar-refractivity contribution in [3.63, 3.8) is 0 Å². The summed E-state index contributed by atoms with van der Waals surface area (Å²) in [5.41, 5.74) is 15.4. The van der Waals surface area contributed by atoms with E-state index in [9.17, 15) is 33.6 Å². The average molecular weight is 460 g/mol. The van der Waals surface area contributed by atoms with Crippen LogP contribution in [0, 0.1) is 5.92 Å². The fourth-order valence-electron chi connectivity index (χ4n) is 2.42. The lowest BCUT2D eigenvalue weighted by atomic mass is 10.0. The summed E-state index contributed by atoms with van der Waals surface area (Å²) in [5.74, 6) is -8.58.